The average molecular weight is 562 g/mol. The van der Waals surface area contributed by atoms with Crippen LogP contribution in [0.3, 0.4) is 0 Å². The summed E-state index contributed by atoms with van der Waals surface area (Å²) in [4.78, 5) is 52.7. The fourth-order valence-electron chi connectivity index (χ4n) is 3.93. The molecule has 1 unspecified atom stereocenters. The number of carboxylic acid groups (broad SMARTS) is 1. The van der Waals surface area contributed by atoms with Gasteiger partial charge in [-0.05, 0) is 12.1 Å². The van der Waals surface area contributed by atoms with Crippen molar-refractivity contribution in [2.75, 3.05) is 18.6 Å². The highest BCUT2D eigenvalue weighted by molar-refractivity contribution is 8.01. The summed E-state index contributed by atoms with van der Waals surface area (Å²) < 4.78 is 0. The number of carbonyl (C=O) groups excluding carboxylic acids is 2. The first-order valence-electron chi connectivity index (χ1n) is 10.6. The molecular weight excluding hydrogens is 542 g/mol. The van der Waals surface area contributed by atoms with E-state index in [-0.39, 0.29) is 34.5 Å². The molecule has 3 aromatic rings. The first-order valence-corrected chi connectivity index (χ1v) is 13.3. The van der Waals surface area contributed by atoms with Crippen molar-refractivity contribution in [1.29, 1.82) is 0 Å². The Bertz CT molecular complexity index is 1420. The zero-order valence-corrected chi connectivity index (χ0v) is 21.4. The molecule has 5 rings (SSSR count). The van der Waals surface area contributed by atoms with Gasteiger partial charge in [0.1, 0.15) is 19.0 Å². The van der Waals surface area contributed by atoms with Crippen molar-refractivity contribution >= 4 is 64.0 Å². The largest absolute Gasteiger partial charge is 0.477 e. The van der Waals surface area contributed by atoms with Gasteiger partial charge in [0.2, 0.25) is 5.91 Å². The van der Waals surface area contributed by atoms with Crippen molar-refractivity contribution in [2.24, 2.45) is 5.16 Å². The quantitative estimate of drug-likeness (QED) is 0.109. The van der Waals surface area contributed by atoms with E-state index in [2.05, 4.69) is 40.5 Å². The molecule has 1 saturated heterocycles. The highest BCUT2D eigenvalue weighted by Crippen LogP contribution is 2.55. The lowest BCUT2D eigenvalue weighted by molar-refractivity contribution is -0.146. The number of hydrogen-bond donors (Lipinski definition) is 5. The fourth-order valence-corrected chi connectivity index (χ4v) is 7.27. The number of carboxylic acids is 1. The number of β-lactam (4-membered cyclic amide) rings is 1. The van der Waals surface area contributed by atoms with Crippen LogP contribution in [0.4, 0.5) is 5.13 Å². The van der Waals surface area contributed by atoms with E-state index in [9.17, 15) is 19.5 Å². The minimum Gasteiger partial charge on any atom is -0.477 e. The molecule has 0 aliphatic carbocycles. The first-order chi connectivity index (χ1) is 17.8. The molecule has 0 saturated carbocycles. The maximum absolute atomic E-state index is 12.9. The summed E-state index contributed by atoms with van der Waals surface area (Å²) in [5, 5.41) is 26.6. The lowest BCUT2D eigenvalue weighted by atomic mass is 9.98. The minimum atomic E-state index is -1.46. The zero-order chi connectivity index (χ0) is 26.2. The zero-order valence-electron chi connectivity index (χ0n) is 19.0. The van der Waals surface area contributed by atoms with E-state index in [0.717, 1.165) is 35.0 Å². The summed E-state index contributed by atoms with van der Waals surface area (Å²) in [5.74, 6) is -1.78. The SMILES string of the molecule is CON=CC(=O)NC1(c2csc(N)n2)S[C@H]2CC(=O)N2C(C(=O)O)=C1CSc1nnc(-c2ccc[nH]2)[nH]1. The van der Waals surface area contributed by atoms with E-state index in [0.29, 0.717) is 16.7 Å². The standard InChI is InChI=1S/C20H19N9O5S3/c1-34-23-6-12(30)26-20(11-8-35-18(21)24-11)9(15(17(32)33)29-13(31)5-14(29)37-20)7-36-19-25-16(27-28-19)10-3-2-4-22-10/h2-4,6,8,14,22H,5,7H2,1H3,(H2,21,24)(H,26,30)(H,32,33)(H,25,27,28)/t14-,20?/m0/s1. The number of anilines is 1. The number of nitrogen functional groups attached to an aromatic ring is 1. The summed E-state index contributed by atoms with van der Waals surface area (Å²) in [6.07, 6.45) is 2.78. The average Bonchev–Trinajstić information content (AvgIpc) is 3.63. The van der Waals surface area contributed by atoms with Gasteiger partial charge in [-0.15, -0.1) is 21.5 Å². The van der Waals surface area contributed by atoms with Crippen molar-refractivity contribution in [3.63, 3.8) is 0 Å². The molecule has 2 amide bonds. The number of oxime groups is 1. The summed E-state index contributed by atoms with van der Waals surface area (Å²) in [6, 6.07) is 3.64. The Kier molecular flexibility index (Phi) is 6.65. The molecule has 17 heteroatoms. The number of nitrogens with one attached hydrogen (secondary N) is 3. The number of nitrogens with zero attached hydrogens (tertiary/aromatic N) is 5. The molecule has 192 valence electrons. The third-order valence-corrected chi connectivity index (χ3v) is 8.63. The molecule has 5 heterocycles. The van der Waals surface area contributed by atoms with Crippen LogP contribution in [-0.2, 0) is 24.1 Å². The van der Waals surface area contributed by atoms with Crippen molar-refractivity contribution < 1.29 is 24.3 Å². The molecule has 0 aromatic carbocycles. The Hall–Kier alpha value is -3.83. The van der Waals surface area contributed by atoms with Crippen LogP contribution in [0.25, 0.3) is 11.5 Å². The number of thioether (sulfide) groups is 2. The normalized spacial score (nSPS) is 21.2. The fraction of sp³-hybridized carbons (Fsp3) is 0.250. The molecule has 2 aliphatic rings. The van der Waals surface area contributed by atoms with Crippen molar-refractivity contribution in [1.82, 2.24) is 35.4 Å². The Labute approximate surface area is 221 Å². The Balaban J connectivity index is 1.59. The van der Waals surface area contributed by atoms with Gasteiger partial charge in [0.05, 0.1) is 23.2 Å². The highest BCUT2D eigenvalue weighted by Gasteiger charge is 2.56. The number of amides is 2. The maximum Gasteiger partial charge on any atom is 0.352 e. The molecule has 0 bridgehead atoms. The number of aromatic amines is 2. The molecule has 1 fully saturated rings. The van der Waals surface area contributed by atoms with Gasteiger partial charge in [-0.2, -0.15) is 0 Å². The first kappa shape index (κ1) is 24.8. The van der Waals surface area contributed by atoms with E-state index < -0.39 is 22.1 Å². The number of thiazole rings is 1. The summed E-state index contributed by atoms with van der Waals surface area (Å²) in [5.41, 5.74) is 6.97. The van der Waals surface area contributed by atoms with Crippen LogP contribution in [-0.4, -0.2) is 77.4 Å². The molecule has 0 radical (unpaired) electrons. The summed E-state index contributed by atoms with van der Waals surface area (Å²) >= 11 is 3.51. The second-order valence-electron chi connectivity index (χ2n) is 7.68. The lowest BCUT2D eigenvalue weighted by Crippen LogP contribution is -2.61. The lowest BCUT2D eigenvalue weighted by Gasteiger charge is -2.51. The number of aliphatic carboxylic acids is 1. The van der Waals surface area contributed by atoms with Gasteiger partial charge in [-0.1, -0.05) is 28.7 Å². The number of carbonyl (C=O) groups is 3. The maximum atomic E-state index is 12.9. The highest BCUT2D eigenvalue weighted by atomic mass is 32.2. The van der Waals surface area contributed by atoms with Crippen LogP contribution in [0.5, 0.6) is 0 Å². The molecular formula is C20H19N9O5S3. The predicted octanol–water partition coefficient (Wildman–Crippen LogP) is 1.18. The van der Waals surface area contributed by atoms with Crippen molar-refractivity contribution in [2.45, 2.75) is 21.8 Å². The topological polar surface area (TPSA) is 205 Å². The number of rotatable bonds is 9. The van der Waals surface area contributed by atoms with Gasteiger partial charge in [0, 0.05) is 22.9 Å². The monoisotopic (exact) mass is 561 g/mol. The van der Waals surface area contributed by atoms with Crippen LogP contribution < -0.4 is 11.1 Å². The van der Waals surface area contributed by atoms with E-state index in [1.165, 1.54) is 23.8 Å². The molecule has 3 aromatic heterocycles. The Morgan fingerprint density at radius 3 is 2.97 bits per heavy atom. The third kappa shape index (κ3) is 4.56. The van der Waals surface area contributed by atoms with E-state index in [4.69, 9.17) is 5.73 Å². The van der Waals surface area contributed by atoms with Gasteiger partial charge < -0.3 is 31.0 Å². The van der Waals surface area contributed by atoms with Gasteiger partial charge in [-0.3, -0.25) is 14.5 Å². The number of H-pyrrole nitrogens is 2. The molecule has 2 aliphatic heterocycles. The molecule has 0 spiro atoms. The van der Waals surface area contributed by atoms with Crippen LogP contribution in [0, 0.1) is 0 Å². The predicted molar refractivity (Wildman–Crippen MR) is 136 cm³/mol. The molecule has 2 atom stereocenters. The van der Waals surface area contributed by atoms with E-state index in [1.54, 1.807) is 11.6 Å². The number of aromatic nitrogens is 5. The second kappa shape index (κ2) is 9.91. The Morgan fingerprint density at radius 1 is 1.49 bits per heavy atom. The number of hydrogen-bond acceptors (Lipinski definition) is 12. The van der Waals surface area contributed by atoms with Gasteiger partial charge in [0.25, 0.3) is 5.91 Å². The van der Waals surface area contributed by atoms with Crippen LogP contribution in [0.1, 0.15) is 12.1 Å². The molecule has 14 nitrogen and oxygen atoms in total. The number of fused-ring (bicyclic) bond motifs is 1. The van der Waals surface area contributed by atoms with Crippen LogP contribution in [0.15, 0.2) is 45.3 Å². The number of nitrogens with two attached hydrogens (primary N) is 1. The van der Waals surface area contributed by atoms with E-state index in [1.807, 2.05) is 12.1 Å². The third-order valence-electron chi connectivity index (χ3n) is 5.50. The van der Waals surface area contributed by atoms with Crippen LogP contribution in [0.2, 0.25) is 0 Å². The van der Waals surface area contributed by atoms with E-state index >= 15 is 0 Å². The van der Waals surface area contributed by atoms with Crippen molar-refractivity contribution in [3.8, 4) is 11.5 Å². The molecule has 6 N–H and O–H groups in total. The van der Waals surface area contributed by atoms with Gasteiger partial charge in [0.15, 0.2) is 21.0 Å². The Morgan fingerprint density at radius 2 is 2.32 bits per heavy atom. The summed E-state index contributed by atoms with van der Waals surface area (Å²) in [6.45, 7) is 0. The minimum absolute atomic E-state index is 0.0175. The van der Waals surface area contributed by atoms with Gasteiger partial charge >= 0.3 is 5.97 Å². The summed E-state index contributed by atoms with van der Waals surface area (Å²) in [7, 11) is 1.29. The smallest absolute Gasteiger partial charge is 0.352 e. The van der Waals surface area contributed by atoms with Crippen LogP contribution >= 0.6 is 34.9 Å². The van der Waals surface area contributed by atoms with Crippen molar-refractivity contribution in [3.05, 3.63) is 40.7 Å². The molecule has 37 heavy (non-hydrogen) atoms. The van der Waals surface area contributed by atoms with Gasteiger partial charge in [-0.25, -0.2) is 9.78 Å². The second-order valence-corrected chi connectivity index (χ2v) is 10.9.